The van der Waals surface area contributed by atoms with Crippen molar-refractivity contribution in [1.82, 2.24) is 9.88 Å². The molecule has 1 saturated heterocycles. The van der Waals surface area contributed by atoms with E-state index in [-0.39, 0.29) is 30.0 Å². The van der Waals surface area contributed by atoms with E-state index in [4.69, 9.17) is 5.73 Å². The number of halogens is 1. The van der Waals surface area contributed by atoms with Crippen molar-refractivity contribution in [2.45, 2.75) is 19.4 Å². The smallest absolute Gasteiger partial charge is 0.227 e. The number of rotatable bonds is 4. The predicted molar refractivity (Wildman–Crippen MR) is 98.5 cm³/mol. The first-order valence-electron chi connectivity index (χ1n) is 7.63. The Morgan fingerprint density at radius 1 is 1.38 bits per heavy atom. The van der Waals surface area contributed by atoms with Gasteiger partial charge in [-0.15, -0.1) is 23.7 Å². The summed E-state index contributed by atoms with van der Waals surface area (Å²) < 4.78 is 0. The van der Waals surface area contributed by atoms with Gasteiger partial charge in [-0.05, 0) is 38.1 Å². The lowest BCUT2D eigenvalue weighted by Crippen LogP contribution is -2.37. The number of amides is 1. The SMILES string of the molecule is Cl.Nc1ncc(CN2CCC(C(=O)Nc3ccccc3O)CC2)s1. The van der Waals surface area contributed by atoms with Crippen molar-refractivity contribution in [2.75, 3.05) is 24.1 Å². The van der Waals surface area contributed by atoms with E-state index in [1.807, 2.05) is 6.20 Å². The second kappa shape index (κ2) is 8.32. The number of phenols is 1. The van der Waals surface area contributed by atoms with Crippen molar-refractivity contribution in [1.29, 1.82) is 0 Å². The van der Waals surface area contributed by atoms with Gasteiger partial charge in [0.1, 0.15) is 5.75 Å². The van der Waals surface area contributed by atoms with E-state index in [1.165, 1.54) is 11.3 Å². The minimum atomic E-state index is -0.0202. The third-order valence-corrected chi connectivity index (χ3v) is 4.88. The number of para-hydroxylation sites is 2. The Hall–Kier alpha value is -1.83. The van der Waals surface area contributed by atoms with Crippen molar-refractivity contribution in [3.8, 4) is 5.75 Å². The van der Waals surface area contributed by atoms with Crippen LogP contribution in [0.25, 0.3) is 0 Å². The van der Waals surface area contributed by atoms with Gasteiger partial charge in [0.2, 0.25) is 5.91 Å². The summed E-state index contributed by atoms with van der Waals surface area (Å²) in [5, 5.41) is 13.1. The van der Waals surface area contributed by atoms with Gasteiger partial charge in [-0.25, -0.2) is 4.98 Å². The second-order valence-electron chi connectivity index (χ2n) is 5.72. The molecule has 1 fully saturated rings. The molecule has 0 unspecified atom stereocenters. The molecule has 1 aliphatic rings. The number of hydrogen-bond acceptors (Lipinski definition) is 6. The topological polar surface area (TPSA) is 91.5 Å². The second-order valence-corrected chi connectivity index (χ2v) is 6.87. The van der Waals surface area contributed by atoms with Crippen LogP contribution < -0.4 is 11.1 Å². The number of likely N-dealkylation sites (tertiary alicyclic amines) is 1. The Morgan fingerprint density at radius 3 is 2.71 bits per heavy atom. The summed E-state index contributed by atoms with van der Waals surface area (Å²) in [4.78, 5) is 19.9. The van der Waals surface area contributed by atoms with Crippen LogP contribution in [-0.4, -0.2) is 34.0 Å². The molecule has 1 aromatic heterocycles. The van der Waals surface area contributed by atoms with Crippen LogP contribution in [0.3, 0.4) is 0 Å². The van der Waals surface area contributed by atoms with Crippen LogP contribution in [0.1, 0.15) is 17.7 Å². The molecule has 0 atom stereocenters. The van der Waals surface area contributed by atoms with Gasteiger partial charge < -0.3 is 16.2 Å². The van der Waals surface area contributed by atoms with Gasteiger partial charge in [0.15, 0.2) is 5.13 Å². The lowest BCUT2D eigenvalue weighted by atomic mass is 9.95. The lowest BCUT2D eigenvalue weighted by Gasteiger charge is -2.30. The molecular weight excluding hydrogens is 348 g/mol. The van der Waals surface area contributed by atoms with Gasteiger partial charge in [-0.3, -0.25) is 9.69 Å². The van der Waals surface area contributed by atoms with Gasteiger partial charge in [-0.2, -0.15) is 0 Å². The molecule has 0 radical (unpaired) electrons. The first-order valence-corrected chi connectivity index (χ1v) is 8.45. The fraction of sp³-hybridized carbons (Fsp3) is 0.375. The van der Waals surface area contributed by atoms with Gasteiger partial charge in [-0.1, -0.05) is 12.1 Å². The van der Waals surface area contributed by atoms with Crippen molar-refractivity contribution < 1.29 is 9.90 Å². The van der Waals surface area contributed by atoms with Gasteiger partial charge in [0.05, 0.1) is 5.69 Å². The maximum atomic E-state index is 12.3. The molecule has 2 heterocycles. The molecule has 0 spiro atoms. The third-order valence-electron chi connectivity index (χ3n) is 4.07. The van der Waals surface area contributed by atoms with Crippen LogP contribution >= 0.6 is 23.7 Å². The molecule has 1 aromatic carbocycles. The maximum Gasteiger partial charge on any atom is 0.227 e. The number of aromatic hydroxyl groups is 1. The lowest BCUT2D eigenvalue weighted by molar-refractivity contribution is -0.121. The molecule has 1 aliphatic heterocycles. The van der Waals surface area contributed by atoms with Gasteiger partial charge in [0.25, 0.3) is 0 Å². The summed E-state index contributed by atoms with van der Waals surface area (Å²) in [6.45, 7) is 2.58. The van der Waals surface area contributed by atoms with E-state index in [2.05, 4.69) is 15.2 Å². The normalized spacial score (nSPS) is 15.7. The number of benzene rings is 1. The Kier molecular flexibility index (Phi) is 6.42. The van der Waals surface area contributed by atoms with Crippen molar-refractivity contribution in [3.05, 3.63) is 35.3 Å². The van der Waals surface area contributed by atoms with E-state index < -0.39 is 0 Å². The largest absolute Gasteiger partial charge is 0.506 e. The van der Waals surface area contributed by atoms with Crippen molar-refractivity contribution >= 4 is 40.5 Å². The highest BCUT2D eigenvalue weighted by Gasteiger charge is 2.25. The molecule has 8 heteroatoms. The molecule has 4 N–H and O–H groups in total. The summed E-state index contributed by atoms with van der Waals surface area (Å²) in [5.41, 5.74) is 6.12. The predicted octanol–water partition coefficient (Wildman–Crippen LogP) is 2.70. The van der Waals surface area contributed by atoms with Gasteiger partial charge >= 0.3 is 0 Å². The average molecular weight is 369 g/mol. The molecule has 3 rings (SSSR count). The number of nitrogens with zero attached hydrogens (tertiary/aromatic N) is 2. The number of anilines is 2. The quantitative estimate of drug-likeness (QED) is 0.722. The van der Waals surface area contributed by atoms with E-state index in [0.29, 0.717) is 10.8 Å². The number of aromatic nitrogens is 1. The summed E-state index contributed by atoms with van der Waals surface area (Å²) in [5.74, 6) is 0.0617. The Morgan fingerprint density at radius 2 is 2.08 bits per heavy atom. The Labute approximate surface area is 151 Å². The maximum absolute atomic E-state index is 12.3. The number of carbonyl (C=O) groups excluding carboxylic acids is 1. The molecule has 130 valence electrons. The molecular formula is C16H21ClN4O2S. The van der Waals surface area contributed by atoms with E-state index in [1.54, 1.807) is 24.3 Å². The average Bonchev–Trinajstić information content (AvgIpc) is 2.95. The summed E-state index contributed by atoms with van der Waals surface area (Å²) in [7, 11) is 0. The minimum Gasteiger partial charge on any atom is -0.506 e. The Bertz CT molecular complexity index is 686. The van der Waals surface area contributed by atoms with Crippen LogP contribution in [0, 0.1) is 5.92 Å². The number of phenolic OH excluding ortho intramolecular Hbond substituents is 1. The van der Waals surface area contributed by atoms with Crippen LogP contribution in [0.2, 0.25) is 0 Å². The van der Waals surface area contributed by atoms with E-state index in [0.717, 1.165) is 37.4 Å². The number of thiazole rings is 1. The number of nitrogen functional groups attached to an aromatic ring is 1. The molecule has 0 bridgehead atoms. The first-order chi connectivity index (χ1) is 11.1. The number of carbonyl (C=O) groups is 1. The van der Waals surface area contributed by atoms with E-state index in [9.17, 15) is 9.90 Å². The van der Waals surface area contributed by atoms with E-state index >= 15 is 0 Å². The zero-order valence-electron chi connectivity index (χ0n) is 13.1. The minimum absolute atomic E-state index is 0. The standard InChI is InChI=1S/C16H20N4O2S.ClH/c17-16-18-9-12(23-16)10-20-7-5-11(6-8-20)15(22)19-13-3-1-2-4-14(13)21;/h1-4,9,11,21H,5-8,10H2,(H2,17,18)(H,19,22);1H. The molecule has 0 aliphatic carbocycles. The zero-order valence-corrected chi connectivity index (χ0v) is 14.8. The highest BCUT2D eigenvalue weighted by Crippen LogP contribution is 2.26. The van der Waals surface area contributed by atoms with Crippen LogP contribution in [0.4, 0.5) is 10.8 Å². The van der Waals surface area contributed by atoms with Gasteiger partial charge in [0, 0.05) is 23.5 Å². The fourth-order valence-corrected chi connectivity index (χ4v) is 3.51. The van der Waals surface area contributed by atoms with Crippen LogP contribution in [0.15, 0.2) is 30.5 Å². The van der Waals surface area contributed by atoms with Crippen molar-refractivity contribution in [2.24, 2.45) is 5.92 Å². The van der Waals surface area contributed by atoms with Crippen molar-refractivity contribution in [3.63, 3.8) is 0 Å². The number of hydrogen-bond donors (Lipinski definition) is 3. The summed E-state index contributed by atoms with van der Waals surface area (Å²) in [6, 6.07) is 6.80. The summed E-state index contributed by atoms with van der Waals surface area (Å²) >= 11 is 1.51. The highest BCUT2D eigenvalue weighted by atomic mass is 35.5. The highest BCUT2D eigenvalue weighted by molar-refractivity contribution is 7.15. The molecule has 2 aromatic rings. The Balaban J connectivity index is 0.00000208. The zero-order chi connectivity index (χ0) is 16.2. The molecule has 0 saturated carbocycles. The number of nitrogens with two attached hydrogens (primary N) is 1. The monoisotopic (exact) mass is 368 g/mol. The first kappa shape index (κ1) is 18.5. The number of nitrogens with one attached hydrogen (secondary N) is 1. The third kappa shape index (κ3) is 4.59. The van der Waals surface area contributed by atoms with Crippen LogP contribution in [0.5, 0.6) is 5.75 Å². The van der Waals surface area contributed by atoms with Crippen LogP contribution in [-0.2, 0) is 11.3 Å². The summed E-state index contributed by atoms with van der Waals surface area (Å²) in [6.07, 6.45) is 3.44. The number of piperidine rings is 1. The molecule has 1 amide bonds. The fourth-order valence-electron chi connectivity index (χ4n) is 2.78. The molecule has 6 nitrogen and oxygen atoms in total. The molecule has 24 heavy (non-hydrogen) atoms.